The molecule has 0 fully saturated rings. The molecule has 124 valence electrons. The number of amides is 1. The summed E-state index contributed by atoms with van der Waals surface area (Å²) in [5.74, 6) is -0.0422. The lowest BCUT2D eigenvalue weighted by Crippen LogP contribution is -2.32. The number of hydrogen-bond donors (Lipinski definition) is 1. The van der Waals surface area contributed by atoms with Crippen molar-refractivity contribution in [2.24, 2.45) is 0 Å². The Morgan fingerprint density at radius 1 is 1.08 bits per heavy atom. The smallest absolute Gasteiger partial charge is 0.262 e. The van der Waals surface area contributed by atoms with Crippen LogP contribution in [0.25, 0.3) is 0 Å². The average molecular weight is 394 g/mol. The van der Waals surface area contributed by atoms with E-state index in [0.29, 0.717) is 5.56 Å². The largest absolute Gasteiger partial charge is 0.360 e. The third-order valence-electron chi connectivity index (χ3n) is 4.25. The molecule has 2 aromatic carbocycles. The predicted octanol–water partition coefficient (Wildman–Crippen LogP) is 4.92. The predicted molar refractivity (Wildman–Crippen MR) is 103 cm³/mol. The van der Waals surface area contributed by atoms with E-state index >= 15 is 0 Å². The number of aromatic nitrogens is 1. The van der Waals surface area contributed by atoms with Gasteiger partial charge in [0.2, 0.25) is 0 Å². The number of carbonyl (C=O) groups excluding carboxylic acids is 1. The molecule has 2 heterocycles. The van der Waals surface area contributed by atoms with Crippen LogP contribution >= 0.6 is 15.9 Å². The molecule has 1 aliphatic rings. The Labute approximate surface area is 154 Å². The summed E-state index contributed by atoms with van der Waals surface area (Å²) in [6.45, 7) is 2.03. The summed E-state index contributed by atoms with van der Waals surface area (Å²) in [6, 6.07) is 19.5. The summed E-state index contributed by atoms with van der Waals surface area (Å²) in [5, 5.41) is 3.44. The van der Waals surface area contributed by atoms with Crippen molar-refractivity contribution in [2.75, 3.05) is 10.2 Å². The van der Waals surface area contributed by atoms with Crippen molar-refractivity contribution >= 4 is 33.2 Å². The molecule has 1 aliphatic heterocycles. The van der Waals surface area contributed by atoms with Crippen molar-refractivity contribution in [3.05, 3.63) is 88.2 Å². The number of nitrogens with one attached hydrogen (secondary N) is 1. The Morgan fingerprint density at radius 2 is 1.88 bits per heavy atom. The number of rotatable bonds is 3. The fourth-order valence-corrected chi connectivity index (χ4v) is 3.43. The maximum atomic E-state index is 13.0. The lowest BCUT2D eigenvalue weighted by molar-refractivity contribution is 0.0993. The second-order valence-corrected chi connectivity index (χ2v) is 6.92. The molecule has 0 spiro atoms. The summed E-state index contributed by atoms with van der Waals surface area (Å²) < 4.78 is 0.977. The van der Waals surface area contributed by atoms with Crippen molar-refractivity contribution in [3.63, 3.8) is 0 Å². The molecule has 0 aliphatic carbocycles. The molecule has 5 heteroatoms. The van der Waals surface area contributed by atoms with Gasteiger partial charge in [0.15, 0.2) is 6.17 Å². The highest BCUT2D eigenvalue weighted by Crippen LogP contribution is 2.37. The zero-order valence-electron chi connectivity index (χ0n) is 13.6. The molecule has 1 atom stereocenters. The van der Waals surface area contributed by atoms with Gasteiger partial charge in [0.05, 0.1) is 11.3 Å². The lowest BCUT2D eigenvalue weighted by Gasteiger charge is -2.26. The first-order chi connectivity index (χ1) is 12.1. The summed E-state index contributed by atoms with van der Waals surface area (Å²) in [7, 11) is 0. The van der Waals surface area contributed by atoms with Crippen LogP contribution in [-0.2, 0) is 0 Å². The molecule has 1 N–H and O–H groups in total. The number of fused-ring (bicyclic) bond motifs is 1. The van der Waals surface area contributed by atoms with Crippen LogP contribution in [0.5, 0.6) is 0 Å². The molecule has 0 saturated carbocycles. The molecule has 3 aromatic rings. The standard InChI is InChI=1S/C20H16BrN3O/c1-13-7-9-16(10-8-13)24-19(23-15-5-2-4-14(21)12-15)18-17(20(24)25)6-3-11-22-18/h2-12,19,23H,1H3/t19-/m1/s1. The van der Waals surface area contributed by atoms with Crippen LogP contribution in [0.1, 0.15) is 27.8 Å². The van der Waals surface area contributed by atoms with Gasteiger partial charge in [-0.3, -0.25) is 14.7 Å². The Hall–Kier alpha value is -2.66. The van der Waals surface area contributed by atoms with E-state index in [4.69, 9.17) is 0 Å². The molecule has 1 aromatic heterocycles. The van der Waals surface area contributed by atoms with E-state index in [1.54, 1.807) is 17.2 Å². The van der Waals surface area contributed by atoms with Gasteiger partial charge < -0.3 is 5.32 Å². The number of hydrogen-bond acceptors (Lipinski definition) is 3. The highest BCUT2D eigenvalue weighted by Gasteiger charge is 2.38. The van der Waals surface area contributed by atoms with Crippen LogP contribution < -0.4 is 10.2 Å². The minimum absolute atomic E-state index is 0.0422. The van der Waals surface area contributed by atoms with E-state index in [-0.39, 0.29) is 12.1 Å². The Bertz CT molecular complexity index is 940. The van der Waals surface area contributed by atoms with E-state index in [9.17, 15) is 4.79 Å². The summed E-state index contributed by atoms with van der Waals surface area (Å²) in [4.78, 5) is 19.2. The van der Waals surface area contributed by atoms with Crippen molar-refractivity contribution in [3.8, 4) is 0 Å². The number of pyridine rings is 1. The first-order valence-corrected chi connectivity index (χ1v) is 8.80. The van der Waals surface area contributed by atoms with Gasteiger partial charge >= 0.3 is 0 Å². The second-order valence-electron chi connectivity index (χ2n) is 6.00. The average Bonchev–Trinajstić information content (AvgIpc) is 2.89. The van der Waals surface area contributed by atoms with Crippen molar-refractivity contribution in [1.29, 1.82) is 0 Å². The third kappa shape index (κ3) is 2.91. The maximum Gasteiger partial charge on any atom is 0.262 e. The third-order valence-corrected chi connectivity index (χ3v) is 4.74. The minimum atomic E-state index is -0.347. The molecule has 0 unspecified atom stereocenters. The van der Waals surface area contributed by atoms with Gasteiger partial charge in [0.25, 0.3) is 5.91 Å². The minimum Gasteiger partial charge on any atom is -0.360 e. The Kier molecular flexibility index (Phi) is 4.01. The van der Waals surface area contributed by atoms with Gasteiger partial charge in [-0.1, -0.05) is 39.7 Å². The van der Waals surface area contributed by atoms with Crippen molar-refractivity contribution in [1.82, 2.24) is 4.98 Å². The van der Waals surface area contributed by atoms with E-state index in [0.717, 1.165) is 27.1 Å². The maximum absolute atomic E-state index is 13.0. The van der Waals surface area contributed by atoms with E-state index < -0.39 is 0 Å². The van der Waals surface area contributed by atoms with Gasteiger partial charge in [0, 0.05) is 22.0 Å². The molecule has 4 rings (SSSR count). The Balaban J connectivity index is 1.78. The lowest BCUT2D eigenvalue weighted by atomic mass is 10.2. The summed E-state index contributed by atoms with van der Waals surface area (Å²) in [6.07, 6.45) is 1.38. The second kappa shape index (κ2) is 6.33. The molecule has 0 bridgehead atoms. The normalized spacial score (nSPS) is 16.0. The van der Waals surface area contributed by atoms with Crippen LogP contribution in [0.2, 0.25) is 0 Å². The molecule has 25 heavy (non-hydrogen) atoms. The number of anilines is 2. The summed E-state index contributed by atoms with van der Waals surface area (Å²) in [5.41, 5.74) is 4.30. The number of benzene rings is 2. The first kappa shape index (κ1) is 15.8. The topological polar surface area (TPSA) is 45.2 Å². The fraction of sp³-hybridized carbons (Fsp3) is 0.100. The quantitative estimate of drug-likeness (QED) is 0.686. The van der Waals surface area contributed by atoms with Crippen LogP contribution in [0.15, 0.2) is 71.3 Å². The van der Waals surface area contributed by atoms with Crippen LogP contribution in [0.4, 0.5) is 11.4 Å². The molecule has 0 radical (unpaired) electrons. The molecule has 1 amide bonds. The number of halogens is 1. The summed E-state index contributed by atoms with van der Waals surface area (Å²) >= 11 is 3.49. The van der Waals surface area contributed by atoms with E-state index in [1.807, 2.05) is 61.5 Å². The number of carbonyl (C=O) groups is 1. The van der Waals surface area contributed by atoms with Gasteiger partial charge in [-0.25, -0.2) is 0 Å². The van der Waals surface area contributed by atoms with Gasteiger partial charge in [-0.2, -0.15) is 0 Å². The SMILES string of the molecule is Cc1ccc(N2C(=O)c3cccnc3[C@@H]2Nc2cccc(Br)c2)cc1. The van der Waals surface area contributed by atoms with E-state index in [1.165, 1.54) is 0 Å². The highest BCUT2D eigenvalue weighted by atomic mass is 79.9. The zero-order chi connectivity index (χ0) is 17.4. The van der Waals surface area contributed by atoms with Crippen molar-refractivity contribution in [2.45, 2.75) is 13.1 Å². The molecular formula is C20H16BrN3O. The van der Waals surface area contributed by atoms with Crippen LogP contribution in [0, 0.1) is 6.92 Å². The zero-order valence-corrected chi connectivity index (χ0v) is 15.2. The van der Waals surface area contributed by atoms with Gasteiger partial charge in [0.1, 0.15) is 0 Å². The van der Waals surface area contributed by atoms with Gasteiger partial charge in [-0.15, -0.1) is 0 Å². The molecule has 0 saturated heterocycles. The number of aryl methyl sites for hydroxylation is 1. The monoisotopic (exact) mass is 393 g/mol. The van der Waals surface area contributed by atoms with Crippen molar-refractivity contribution < 1.29 is 4.79 Å². The highest BCUT2D eigenvalue weighted by molar-refractivity contribution is 9.10. The fourth-order valence-electron chi connectivity index (χ4n) is 3.03. The van der Waals surface area contributed by atoms with Crippen LogP contribution in [-0.4, -0.2) is 10.9 Å². The van der Waals surface area contributed by atoms with Crippen LogP contribution in [0.3, 0.4) is 0 Å². The molecular weight excluding hydrogens is 378 g/mol. The van der Waals surface area contributed by atoms with E-state index in [2.05, 4.69) is 26.2 Å². The number of nitrogens with zero attached hydrogens (tertiary/aromatic N) is 2. The Morgan fingerprint density at radius 3 is 2.64 bits per heavy atom. The van der Waals surface area contributed by atoms with Gasteiger partial charge in [-0.05, 0) is 49.4 Å². The first-order valence-electron chi connectivity index (χ1n) is 8.01. The molecule has 4 nitrogen and oxygen atoms in total.